The first-order valence-corrected chi connectivity index (χ1v) is 10.8. The van der Waals surface area contributed by atoms with Gasteiger partial charge >= 0.3 is 6.36 Å². The Bertz CT molecular complexity index is 1330. The Labute approximate surface area is 196 Å². The number of methoxy groups -OCH3 is 1. The molecule has 34 heavy (non-hydrogen) atoms. The van der Waals surface area contributed by atoms with Crippen molar-refractivity contribution in [1.29, 1.82) is 0 Å². The summed E-state index contributed by atoms with van der Waals surface area (Å²) in [7, 11) is 1.53. The van der Waals surface area contributed by atoms with Gasteiger partial charge in [0.05, 0.1) is 24.1 Å². The van der Waals surface area contributed by atoms with Crippen LogP contribution in [-0.4, -0.2) is 33.9 Å². The SMILES string of the molecule is COc1ccc(-c2nc(-c3cc(C(N)=O)c(C)n3Cc3cccc(OC(F)(F)F)c3)cs2)cn1. The molecule has 0 saturated carbocycles. The summed E-state index contributed by atoms with van der Waals surface area (Å²) in [6.07, 6.45) is -3.15. The van der Waals surface area contributed by atoms with Crippen molar-refractivity contribution < 1.29 is 27.4 Å². The van der Waals surface area contributed by atoms with Gasteiger partial charge in [0.1, 0.15) is 10.8 Å². The van der Waals surface area contributed by atoms with Gasteiger partial charge in [-0.3, -0.25) is 4.79 Å². The van der Waals surface area contributed by atoms with Crippen molar-refractivity contribution in [2.45, 2.75) is 19.8 Å². The maximum absolute atomic E-state index is 12.6. The fourth-order valence-electron chi connectivity index (χ4n) is 3.49. The Morgan fingerprint density at radius 1 is 1.21 bits per heavy atom. The van der Waals surface area contributed by atoms with E-state index < -0.39 is 12.3 Å². The first-order valence-electron chi connectivity index (χ1n) is 9.95. The molecule has 0 atom stereocenters. The maximum atomic E-state index is 12.6. The monoisotopic (exact) mass is 488 g/mol. The van der Waals surface area contributed by atoms with E-state index in [0.717, 1.165) is 5.56 Å². The summed E-state index contributed by atoms with van der Waals surface area (Å²) < 4.78 is 48.8. The lowest BCUT2D eigenvalue weighted by Gasteiger charge is -2.13. The molecule has 11 heteroatoms. The van der Waals surface area contributed by atoms with E-state index in [9.17, 15) is 18.0 Å². The second-order valence-corrected chi connectivity index (χ2v) is 8.16. The minimum Gasteiger partial charge on any atom is -0.481 e. The van der Waals surface area contributed by atoms with Crippen LogP contribution in [0.4, 0.5) is 13.2 Å². The summed E-state index contributed by atoms with van der Waals surface area (Å²) >= 11 is 1.39. The van der Waals surface area contributed by atoms with Crippen LogP contribution in [0.25, 0.3) is 22.0 Å². The normalized spacial score (nSPS) is 11.4. The standard InChI is InChI=1S/C23H19F3N4O3S/c1-13-17(21(27)31)9-19(18-12-34-22(29-18)15-6-7-20(32-2)28-10-15)30(13)11-14-4-3-5-16(8-14)33-23(24,25)26/h3-10,12H,11H2,1-2H3,(H2,27,31). The molecule has 0 radical (unpaired) electrons. The van der Waals surface area contributed by atoms with E-state index in [-0.39, 0.29) is 12.3 Å². The molecule has 3 heterocycles. The van der Waals surface area contributed by atoms with Gasteiger partial charge in [-0.2, -0.15) is 0 Å². The smallest absolute Gasteiger partial charge is 0.481 e. The van der Waals surface area contributed by atoms with Crippen LogP contribution in [0, 0.1) is 6.92 Å². The molecule has 0 bridgehead atoms. The molecule has 7 nitrogen and oxygen atoms in total. The maximum Gasteiger partial charge on any atom is 0.573 e. The van der Waals surface area contributed by atoms with Gasteiger partial charge in [0, 0.05) is 35.4 Å². The van der Waals surface area contributed by atoms with Gasteiger partial charge in [-0.05, 0) is 36.8 Å². The van der Waals surface area contributed by atoms with Crippen molar-refractivity contribution in [2.24, 2.45) is 5.73 Å². The number of carbonyl (C=O) groups is 1. The van der Waals surface area contributed by atoms with Gasteiger partial charge in [-0.1, -0.05) is 12.1 Å². The van der Waals surface area contributed by atoms with Crippen molar-refractivity contribution in [3.63, 3.8) is 0 Å². The number of halogens is 3. The predicted octanol–water partition coefficient (Wildman–Crippen LogP) is 5.04. The third-order valence-corrected chi connectivity index (χ3v) is 5.96. The van der Waals surface area contributed by atoms with E-state index in [0.29, 0.717) is 39.1 Å². The number of nitrogens with zero attached hydrogens (tertiary/aromatic N) is 3. The van der Waals surface area contributed by atoms with Crippen molar-refractivity contribution in [3.8, 4) is 33.6 Å². The van der Waals surface area contributed by atoms with E-state index in [1.54, 1.807) is 35.9 Å². The molecule has 176 valence electrons. The van der Waals surface area contributed by atoms with Gasteiger partial charge in [0.25, 0.3) is 5.91 Å². The fourth-order valence-corrected chi connectivity index (χ4v) is 4.29. The van der Waals surface area contributed by atoms with Crippen molar-refractivity contribution in [1.82, 2.24) is 14.5 Å². The molecule has 0 spiro atoms. The molecule has 4 rings (SSSR count). The van der Waals surface area contributed by atoms with Crippen LogP contribution in [0.2, 0.25) is 0 Å². The number of ether oxygens (including phenoxy) is 2. The lowest BCUT2D eigenvalue weighted by Crippen LogP contribution is -2.17. The molecule has 4 aromatic rings. The molecule has 3 aromatic heterocycles. The molecule has 0 saturated heterocycles. The Hall–Kier alpha value is -3.86. The molecular weight excluding hydrogens is 469 g/mol. The second kappa shape index (κ2) is 9.18. The summed E-state index contributed by atoms with van der Waals surface area (Å²) in [6, 6.07) is 10.9. The lowest BCUT2D eigenvalue weighted by atomic mass is 10.2. The number of hydrogen-bond acceptors (Lipinski definition) is 6. The largest absolute Gasteiger partial charge is 0.573 e. The summed E-state index contributed by atoms with van der Waals surface area (Å²) in [5.41, 5.74) is 8.97. The highest BCUT2D eigenvalue weighted by Crippen LogP contribution is 2.32. The average Bonchev–Trinajstić information content (AvgIpc) is 3.38. The molecule has 0 unspecified atom stereocenters. The molecular formula is C23H19F3N4O3S. The second-order valence-electron chi connectivity index (χ2n) is 7.30. The van der Waals surface area contributed by atoms with E-state index >= 15 is 0 Å². The number of carbonyl (C=O) groups excluding carboxylic acids is 1. The van der Waals surface area contributed by atoms with E-state index in [1.165, 1.54) is 36.6 Å². The zero-order valence-corrected chi connectivity index (χ0v) is 18.9. The van der Waals surface area contributed by atoms with Crippen LogP contribution in [0.3, 0.4) is 0 Å². The Balaban J connectivity index is 1.71. The average molecular weight is 488 g/mol. The number of nitrogens with two attached hydrogens (primary N) is 1. The topological polar surface area (TPSA) is 92.3 Å². The minimum absolute atomic E-state index is 0.181. The summed E-state index contributed by atoms with van der Waals surface area (Å²) in [5.74, 6) is -0.455. The molecule has 1 aromatic carbocycles. The zero-order chi connectivity index (χ0) is 24.5. The van der Waals surface area contributed by atoms with Crippen LogP contribution in [0.15, 0.2) is 54.0 Å². The van der Waals surface area contributed by atoms with E-state index in [2.05, 4.69) is 14.7 Å². The van der Waals surface area contributed by atoms with E-state index in [4.69, 9.17) is 10.5 Å². The van der Waals surface area contributed by atoms with Gasteiger partial charge in [-0.25, -0.2) is 9.97 Å². The van der Waals surface area contributed by atoms with Gasteiger partial charge in [0.15, 0.2) is 0 Å². The van der Waals surface area contributed by atoms with Crippen LogP contribution in [0.5, 0.6) is 11.6 Å². The van der Waals surface area contributed by atoms with Crippen molar-refractivity contribution in [2.75, 3.05) is 7.11 Å². The number of aromatic nitrogens is 3. The van der Waals surface area contributed by atoms with Crippen LogP contribution in [0.1, 0.15) is 21.6 Å². The highest BCUT2D eigenvalue weighted by atomic mass is 32.1. The van der Waals surface area contributed by atoms with E-state index in [1.807, 2.05) is 11.4 Å². The van der Waals surface area contributed by atoms with Crippen LogP contribution in [-0.2, 0) is 6.54 Å². The number of thiazole rings is 1. The van der Waals surface area contributed by atoms with Crippen LogP contribution < -0.4 is 15.2 Å². The summed E-state index contributed by atoms with van der Waals surface area (Å²) in [6.45, 7) is 1.90. The number of alkyl halides is 3. The van der Waals surface area contributed by atoms with Crippen LogP contribution >= 0.6 is 11.3 Å². The predicted molar refractivity (Wildman–Crippen MR) is 121 cm³/mol. The molecule has 0 aliphatic carbocycles. The number of benzene rings is 1. The fraction of sp³-hybridized carbons (Fsp3) is 0.174. The number of rotatable bonds is 7. The molecule has 0 aliphatic heterocycles. The van der Waals surface area contributed by atoms with Gasteiger partial charge < -0.3 is 19.8 Å². The zero-order valence-electron chi connectivity index (χ0n) is 18.1. The van der Waals surface area contributed by atoms with Crippen molar-refractivity contribution in [3.05, 3.63) is 70.9 Å². The minimum atomic E-state index is -4.79. The number of pyridine rings is 1. The first-order chi connectivity index (χ1) is 16.1. The highest BCUT2D eigenvalue weighted by Gasteiger charge is 2.31. The van der Waals surface area contributed by atoms with Gasteiger partial charge in [0.2, 0.25) is 5.88 Å². The molecule has 0 fully saturated rings. The van der Waals surface area contributed by atoms with Crippen molar-refractivity contribution >= 4 is 17.2 Å². The molecule has 0 aliphatic rings. The summed E-state index contributed by atoms with van der Waals surface area (Å²) in [4.78, 5) is 20.9. The molecule has 2 N–H and O–H groups in total. The number of primary amides is 1. The Morgan fingerprint density at radius 3 is 2.65 bits per heavy atom. The lowest BCUT2D eigenvalue weighted by molar-refractivity contribution is -0.274. The number of amides is 1. The third kappa shape index (κ3) is 5.04. The summed E-state index contributed by atoms with van der Waals surface area (Å²) in [5, 5.41) is 2.54. The third-order valence-electron chi connectivity index (χ3n) is 5.06. The Morgan fingerprint density at radius 2 is 2.00 bits per heavy atom. The molecule has 1 amide bonds. The highest BCUT2D eigenvalue weighted by molar-refractivity contribution is 7.13. The quantitative estimate of drug-likeness (QED) is 0.394. The number of hydrogen-bond donors (Lipinski definition) is 1. The Kier molecular flexibility index (Phi) is 6.29. The van der Waals surface area contributed by atoms with Gasteiger partial charge in [-0.15, -0.1) is 24.5 Å². The first kappa shape index (κ1) is 23.3.